The Morgan fingerprint density at radius 3 is 2.86 bits per heavy atom. The number of thiophene rings is 1. The highest BCUT2D eigenvalue weighted by Crippen LogP contribution is 2.33. The molecule has 0 bridgehead atoms. The van der Waals surface area contributed by atoms with Crippen molar-refractivity contribution >= 4 is 33.7 Å². The van der Waals surface area contributed by atoms with Gasteiger partial charge in [0.25, 0.3) is 11.5 Å². The van der Waals surface area contributed by atoms with E-state index in [1.807, 2.05) is 0 Å². The zero-order chi connectivity index (χ0) is 19.7. The lowest BCUT2D eigenvalue weighted by Gasteiger charge is -2.14. The number of hydrogen-bond donors (Lipinski definition) is 1. The number of benzene rings is 1. The summed E-state index contributed by atoms with van der Waals surface area (Å²) in [4.78, 5) is 31.8. The van der Waals surface area contributed by atoms with Crippen LogP contribution in [0.15, 0.2) is 40.5 Å². The van der Waals surface area contributed by atoms with Crippen LogP contribution in [0.1, 0.15) is 41.8 Å². The smallest absolute Gasteiger partial charge is 0.263 e. The Labute approximate surface area is 164 Å². The van der Waals surface area contributed by atoms with Crippen LogP contribution in [-0.2, 0) is 17.6 Å². The second-order valence-corrected chi connectivity index (χ2v) is 7.89. The average Bonchev–Trinajstić information content (AvgIpc) is 3.08. The van der Waals surface area contributed by atoms with Gasteiger partial charge >= 0.3 is 0 Å². The van der Waals surface area contributed by atoms with Crippen molar-refractivity contribution in [3.63, 3.8) is 0 Å². The maximum atomic E-state index is 13.0. The number of carbonyl (C=O) groups excluding carboxylic acids is 1. The molecule has 0 spiro atoms. The number of hydrogen-bond acceptors (Lipinski definition) is 5. The van der Waals surface area contributed by atoms with Crippen molar-refractivity contribution in [1.82, 2.24) is 15.0 Å². The van der Waals surface area contributed by atoms with E-state index >= 15 is 0 Å². The van der Waals surface area contributed by atoms with Crippen LogP contribution in [0.3, 0.4) is 0 Å². The van der Waals surface area contributed by atoms with E-state index < -0.39 is 11.9 Å². The van der Waals surface area contributed by atoms with Crippen molar-refractivity contribution in [2.45, 2.75) is 38.6 Å². The minimum atomic E-state index is -0.756. The molecule has 4 rings (SSSR count). The molecule has 0 saturated carbocycles. The molecule has 2 heterocycles. The van der Waals surface area contributed by atoms with Crippen molar-refractivity contribution in [2.24, 2.45) is 5.10 Å². The third-order valence-corrected chi connectivity index (χ3v) is 6.16. The van der Waals surface area contributed by atoms with Gasteiger partial charge in [0.05, 0.1) is 17.9 Å². The number of hydrazone groups is 1. The molecule has 3 aromatic rings. The predicted octanol–water partition coefficient (Wildman–Crippen LogP) is 3.19. The fraction of sp³-hybridized carbons (Fsp3) is 0.300. The Hall–Kier alpha value is -2.87. The fourth-order valence-electron chi connectivity index (χ4n) is 3.37. The van der Waals surface area contributed by atoms with Gasteiger partial charge < -0.3 is 0 Å². The summed E-state index contributed by atoms with van der Waals surface area (Å²) >= 11 is 1.58. The number of halogens is 1. The largest absolute Gasteiger partial charge is 0.286 e. The zero-order valence-electron chi connectivity index (χ0n) is 15.3. The molecule has 1 atom stereocenters. The summed E-state index contributed by atoms with van der Waals surface area (Å²) < 4.78 is 14.3. The molecule has 2 aromatic heterocycles. The number of rotatable bonds is 4. The van der Waals surface area contributed by atoms with E-state index in [1.165, 1.54) is 34.1 Å². The highest BCUT2D eigenvalue weighted by molar-refractivity contribution is 7.18. The molecular weight excluding hydrogens is 379 g/mol. The van der Waals surface area contributed by atoms with E-state index in [1.54, 1.807) is 30.4 Å². The number of fused-ring (bicyclic) bond motifs is 3. The molecule has 6 nitrogen and oxygen atoms in total. The van der Waals surface area contributed by atoms with Gasteiger partial charge in [-0.05, 0) is 55.9 Å². The van der Waals surface area contributed by atoms with Crippen LogP contribution in [0.5, 0.6) is 0 Å². The first-order valence-corrected chi connectivity index (χ1v) is 9.96. The minimum absolute atomic E-state index is 0.186. The molecule has 0 fully saturated rings. The molecular formula is C20H19FN4O2S. The summed E-state index contributed by atoms with van der Waals surface area (Å²) in [7, 11) is 0. The second kappa shape index (κ2) is 7.63. The molecule has 1 aliphatic carbocycles. The minimum Gasteiger partial charge on any atom is -0.286 e. The van der Waals surface area contributed by atoms with Crippen LogP contribution < -0.4 is 11.0 Å². The number of amides is 1. The summed E-state index contributed by atoms with van der Waals surface area (Å²) in [6.07, 6.45) is 6.94. The van der Waals surface area contributed by atoms with Crippen molar-refractivity contribution in [2.75, 3.05) is 0 Å². The SMILES string of the molecule is C[C@H](C(=O)N/N=C/c1ccc(F)cc1)n1cnc2sc3c(c2c1=O)CCCC3. The number of aromatic nitrogens is 2. The third kappa shape index (κ3) is 3.47. The third-order valence-electron chi connectivity index (χ3n) is 4.96. The molecule has 144 valence electrons. The van der Waals surface area contributed by atoms with E-state index in [0.29, 0.717) is 10.9 Å². The number of carbonyl (C=O) groups is 1. The van der Waals surface area contributed by atoms with Gasteiger partial charge in [-0.3, -0.25) is 14.2 Å². The van der Waals surface area contributed by atoms with Crippen LogP contribution in [0.4, 0.5) is 4.39 Å². The van der Waals surface area contributed by atoms with Gasteiger partial charge in [-0.15, -0.1) is 11.3 Å². The van der Waals surface area contributed by atoms with E-state index in [4.69, 9.17) is 0 Å². The first-order chi connectivity index (χ1) is 13.5. The first kappa shape index (κ1) is 18.5. The molecule has 1 aliphatic rings. The monoisotopic (exact) mass is 398 g/mol. The van der Waals surface area contributed by atoms with E-state index in [2.05, 4.69) is 15.5 Å². The Morgan fingerprint density at radius 2 is 2.07 bits per heavy atom. The van der Waals surface area contributed by atoms with Crippen molar-refractivity contribution < 1.29 is 9.18 Å². The Bertz CT molecular complexity index is 1120. The molecule has 8 heteroatoms. The highest BCUT2D eigenvalue weighted by Gasteiger charge is 2.23. The second-order valence-electron chi connectivity index (χ2n) is 6.81. The summed E-state index contributed by atoms with van der Waals surface area (Å²) in [6.45, 7) is 1.64. The topological polar surface area (TPSA) is 76.3 Å². The van der Waals surface area contributed by atoms with Crippen LogP contribution in [0.25, 0.3) is 10.2 Å². The number of aryl methyl sites for hydroxylation is 2. The Morgan fingerprint density at radius 1 is 1.32 bits per heavy atom. The molecule has 1 N–H and O–H groups in total. The number of nitrogens with one attached hydrogen (secondary N) is 1. The fourth-order valence-corrected chi connectivity index (χ4v) is 4.59. The molecule has 0 radical (unpaired) electrons. The molecule has 28 heavy (non-hydrogen) atoms. The van der Waals surface area contributed by atoms with Crippen molar-refractivity contribution in [3.8, 4) is 0 Å². The van der Waals surface area contributed by atoms with E-state index in [9.17, 15) is 14.0 Å². The maximum absolute atomic E-state index is 13.0. The normalized spacial score (nSPS) is 14.9. The predicted molar refractivity (Wildman–Crippen MR) is 107 cm³/mol. The lowest BCUT2D eigenvalue weighted by Crippen LogP contribution is -2.34. The lowest BCUT2D eigenvalue weighted by atomic mass is 9.97. The highest BCUT2D eigenvalue weighted by atomic mass is 32.1. The summed E-state index contributed by atoms with van der Waals surface area (Å²) in [6, 6.07) is 4.98. The quantitative estimate of drug-likeness (QED) is 0.542. The molecule has 0 aliphatic heterocycles. The van der Waals surface area contributed by atoms with Gasteiger partial charge in [0, 0.05) is 4.88 Å². The summed E-state index contributed by atoms with van der Waals surface area (Å²) in [5.41, 5.74) is 3.99. The van der Waals surface area contributed by atoms with Crippen LogP contribution in [0, 0.1) is 5.82 Å². The van der Waals surface area contributed by atoms with Gasteiger partial charge in [-0.25, -0.2) is 14.8 Å². The first-order valence-electron chi connectivity index (χ1n) is 9.14. The lowest BCUT2D eigenvalue weighted by molar-refractivity contribution is -0.123. The molecule has 0 unspecified atom stereocenters. The summed E-state index contributed by atoms with van der Waals surface area (Å²) in [5.74, 6) is -0.765. The van der Waals surface area contributed by atoms with Crippen LogP contribution >= 0.6 is 11.3 Å². The number of nitrogens with zero attached hydrogens (tertiary/aromatic N) is 3. The van der Waals surface area contributed by atoms with Crippen molar-refractivity contribution in [1.29, 1.82) is 0 Å². The Kier molecular flexibility index (Phi) is 5.04. The summed E-state index contributed by atoms with van der Waals surface area (Å²) in [5, 5.41) is 4.54. The van der Waals surface area contributed by atoms with Crippen LogP contribution in [0.2, 0.25) is 0 Å². The zero-order valence-corrected chi connectivity index (χ0v) is 16.1. The maximum Gasteiger partial charge on any atom is 0.263 e. The van der Waals surface area contributed by atoms with Gasteiger partial charge in [0.2, 0.25) is 0 Å². The Balaban J connectivity index is 1.55. The van der Waals surface area contributed by atoms with E-state index in [-0.39, 0.29) is 11.4 Å². The average molecular weight is 398 g/mol. The van der Waals surface area contributed by atoms with Gasteiger partial charge in [-0.2, -0.15) is 5.10 Å². The molecule has 0 saturated heterocycles. The standard InChI is InChI=1S/C20H19FN4O2S/c1-12(18(26)24-23-10-13-6-8-14(21)9-7-13)25-11-22-19-17(20(25)27)15-4-2-3-5-16(15)28-19/h6-12H,2-5H2,1H3,(H,24,26)/b23-10+/t12-/m1/s1. The molecule has 1 amide bonds. The van der Waals surface area contributed by atoms with Gasteiger partial charge in [0.15, 0.2) is 0 Å². The van der Waals surface area contributed by atoms with Gasteiger partial charge in [-0.1, -0.05) is 12.1 Å². The van der Waals surface area contributed by atoms with Gasteiger partial charge in [0.1, 0.15) is 16.7 Å². The van der Waals surface area contributed by atoms with E-state index in [0.717, 1.165) is 36.1 Å². The van der Waals surface area contributed by atoms with Crippen LogP contribution in [-0.4, -0.2) is 21.7 Å². The molecule has 1 aromatic carbocycles. The van der Waals surface area contributed by atoms with Crippen molar-refractivity contribution in [3.05, 3.63) is 62.8 Å².